The lowest BCUT2D eigenvalue weighted by molar-refractivity contribution is 0.166. The number of ether oxygens (including phenoxy) is 1. The molecule has 0 unspecified atom stereocenters. The summed E-state index contributed by atoms with van der Waals surface area (Å²) < 4.78 is 10.3. The van der Waals surface area contributed by atoms with Crippen molar-refractivity contribution in [2.45, 2.75) is 25.9 Å². The van der Waals surface area contributed by atoms with E-state index in [1.165, 1.54) is 0 Å². The van der Waals surface area contributed by atoms with Crippen molar-refractivity contribution in [1.82, 2.24) is 5.32 Å². The van der Waals surface area contributed by atoms with E-state index in [1.54, 1.807) is 13.4 Å². The van der Waals surface area contributed by atoms with Crippen LogP contribution in [-0.4, -0.2) is 19.8 Å². The van der Waals surface area contributed by atoms with Crippen molar-refractivity contribution in [3.63, 3.8) is 0 Å². The molecule has 0 aromatic carbocycles. The van der Waals surface area contributed by atoms with Gasteiger partial charge in [-0.3, -0.25) is 0 Å². The Bertz CT molecular complexity index is 221. The Labute approximate surface area is 79.1 Å². The van der Waals surface area contributed by atoms with E-state index >= 15 is 0 Å². The van der Waals surface area contributed by atoms with Crippen LogP contribution >= 0.6 is 0 Å². The van der Waals surface area contributed by atoms with Gasteiger partial charge in [-0.2, -0.15) is 0 Å². The molecule has 1 aromatic rings. The van der Waals surface area contributed by atoms with Crippen LogP contribution in [0.15, 0.2) is 22.8 Å². The smallest absolute Gasteiger partial charge is 0.120 e. The molecular formula is C10H17NO2. The molecule has 0 saturated carbocycles. The maximum absolute atomic E-state index is 5.27. The second-order valence-electron chi connectivity index (χ2n) is 3.26. The van der Waals surface area contributed by atoms with E-state index in [-0.39, 0.29) is 6.04 Å². The van der Waals surface area contributed by atoms with Gasteiger partial charge in [0.2, 0.25) is 0 Å². The molecule has 0 bridgehead atoms. The first-order chi connectivity index (χ1) is 6.24. The molecule has 0 fully saturated rings. The summed E-state index contributed by atoms with van der Waals surface area (Å²) in [5.41, 5.74) is 0. The summed E-state index contributed by atoms with van der Waals surface area (Å²) >= 11 is 0. The summed E-state index contributed by atoms with van der Waals surface area (Å²) in [5.74, 6) is 0.961. The maximum atomic E-state index is 5.27. The summed E-state index contributed by atoms with van der Waals surface area (Å²) in [6.45, 7) is 4.87. The van der Waals surface area contributed by atoms with E-state index in [2.05, 4.69) is 19.2 Å². The highest BCUT2D eigenvalue weighted by Crippen LogP contribution is 2.12. The molecule has 0 aliphatic rings. The summed E-state index contributed by atoms with van der Waals surface area (Å²) in [6, 6.07) is 4.44. The molecule has 3 heteroatoms. The second kappa shape index (κ2) is 5.04. The van der Waals surface area contributed by atoms with Crippen LogP contribution in [0.25, 0.3) is 0 Å². The molecule has 13 heavy (non-hydrogen) atoms. The molecule has 3 nitrogen and oxygen atoms in total. The average Bonchev–Trinajstić information content (AvgIpc) is 2.55. The van der Waals surface area contributed by atoms with Gasteiger partial charge in [-0.25, -0.2) is 0 Å². The summed E-state index contributed by atoms with van der Waals surface area (Å²) in [5, 5.41) is 3.36. The SMILES string of the molecule is COC[C@@H](C)N[C@H](C)c1ccco1. The lowest BCUT2D eigenvalue weighted by Crippen LogP contribution is -2.32. The Kier molecular flexibility index (Phi) is 3.99. The largest absolute Gasteiger partial charge is 0.468 e. The van der Waals surface area contributed by atoms with Gasteiger partial charge in [0.05, 0.1) is 18.9 Å². The van der Waals surface area contributed by atoms with Gasteiger partial charge in [-0.15, -0.1) is 0 Å². The fraction of sp³-hybridized carbons (Fsp3) is 0.600. The zero-order valence-corrected chi connectivity index (χ0v) is 8.41. The molecule has 0 radical (unpaired) electrons. The molecule has 0 aliphatic carbocycles. The zero-order chi connectivity index (χ0) is 9.68. The van der Waals surface area contributed by atoms with Crippen molar-refractivity contribution >= 4 is 0 Å². The van der Waals surface area contributed by atoms with Gasteiger partial charge in [0, 0.05) is 13.2 Å². The van der Waals surface area contributed by atoms with E-state index in [9.17, 15) is 0 Å². The monoisotopic (exact) mass is 183 g/mol. The van der Waals surface area contributed by atoms with Crippen LogP contribution in [0.2, 0.25) is 0 Å². The van der Waals surface area contributed by atoms with Crippen LogP contribution < -0.4 is 5.32 Å². The normalized spacial score (nSPS) is 15.6. The van der Waals surface area contributed by atoms with Crippen LogP contribution in [0.5, 0.6) is 0 Å². The van der Waals surface area contributed by atoms with Crippen LogP contribution in [0.3, 0.4) is 0 Å². The first-order valence-corrected chi connectivity index (χ1v) is 4.52. The van der Waals surface area contributed by atoms with Crippen molar-refractivity contribution in [3.8, 4) is 0 Å². The Hall–Kier alpha value is -0.800. The predicted octanol–water partition coefficient (Wildman–Crippen LogP) is 1.97. The van der Waals surface area contributed by atoms with E-state index in [0.717, 1.165) is 5.76 Å². The number of furan rings is 1. The topological polar surface area (TPSA) is 34.4 Å². The minimum absolute atomic E-state index is 0.236. The van der Waals surface area contributed by atoms with E-state index in [0.29, 0.717) is 12.6 Å². The van der Waals surface area contributed by atoms with Crippen LogP contribution in [0.4, 0.5) is 0 Å². The summed E-state index contributed by atoms with van der Waals surface area (Å²) in [7, 11) is 1.70. The first kappa shape index (κ1) is 10.3. The Morgan fingerprint density at radius 3 is 2.85 bits per heavy atom. The number of rotatable bonds is 5. The van der Waals surface area contributed by atoms with Crippen molar-refractivity contribution in [2.75, 3.05) is 13.7 Å². The average molecular weight is 183 g/mol. The molecule has 0 aliphatic heterocycles. The molecule has 0 spiro atoms. The third kappa shape index (κ3) is 3.20. The Morgan fingerprint density at radius 2 is 2.31 bits per heavy atom. The molecule has 74 valence electrons. The molecule has 1 rings (SSSR count). The molecular weight excluding hydrogens is 166 g/mol. The number of hydrogen-bond donors (Lipinski definition) is 1. The van der Waals surface area contributed by atoms with Crippen LogP contribution in [0.1, 0.15) is 25.6 Å². The lowest BCUT2D eigenvalue weighted by atomic mass is 10.2. The third-order valence-electron chi connectivity index (χ3n) is 1.92. The minimum atomic E-state index is 0.236. The third-order valence-corrected chi connectivity index (χ3v) is 1.92. The maximum Gasteiger partial charge on any atom is 0.120 e. The van der Waals surface area contributed by atoms with E-state index in [4.69, 9.17) is 9.15 Å². The van der Waals surface area contributed by atoms with Gasteiger partial charge in [-0.05, 0) is 26.0 Å². The quantitative estimate of drug-likeness (QED) is 0.757. The summed E-state index contributed by atoms with van der Waals surface area (Å²) in [4.78, 5) is 0. The van der Waals surface area contributed by atoms with Crippen LogP contribution in [-0.2, 0) is 4.74 Å². The molecule has 1 N–H and O–H groups in total. The molecule has 1 heterocycles. The van der Waals surface area contributed by atoms with Gasteiger partial charge < -0.3 is 14.5 Å². The molecule has 2 atom stereocenters. The van der Waals surface area contributed by atoms with Crippen molar-refractivity contribution in [3.05, 3.63) is 24.2 Å². The minimum Gasteiger partial charge on any atom is -0.468 e. The van der Waals surface area contributed by atoms with E-state index in [1.807, 2.05) is 12.1 Å². The molecule has 0 saturated heterocycles. The highest BCUT2D eigenvalue weighted by Gasteiger charge is 2.10. The van der Waals surface area contributed by atoms with Crippen molar-refractivity contribution in [2.24, 2.45) is 0 Å². The first-order valence-electron chi connectivity index (χ1n) is 4.52. The number of nitrogens with one attached hydrogen (secondary N) is 1. The fourth-order valence-electron chi connectivity index (χ4n) is 1.34. The van der Waals surface area contributed by atoms with Crippen molar-refractivity contribution < 1.29 is 9.15 Å². The summed E-state index contributed by atoms with van der Waals surface area (Å²) in [6.07, 6.45) is 1.69. The predicted molar refractivity (Wildman–Crippen MR) is 51.6 cm³/mol. The Balaban J connectivity index is 2.37. The number of methoxy groups -OCH3 is 1. The highest BCUT2D eigenvalue weighted by molar-refractivity contribution is 5.03. The van der Waals surface area contributed by atoms with Crippen LogP contribution in [0, 0.1) is 0 Å². The molecule has 0 amide bonds. The van der Waals surface area contributed by atoms with E-state index < -0.39 is 0 Å². The van der Waals surface area contributed by atoms with Crippen molar-refractivity contribution in [1.29, 1.82) is 0 Å². The lowest BCUT2D eigenvalue weighted by Gasteiger charge is -2.17. The Morgan fingerprint density at radius 1 is 1.54 bits per heavy atom. The zero-order valence-electron chi connectivity index (χ0n) is 8.41. The van der Waals surface area contributed by atoms with Gasteiger partial charge >= 0.3 is 0 Å². The van der Waals surface area contributed by atoms with Gasteiger partial charge in [0.25, 0.3) is 0 Å². The molecule has 1 aromatic heterocycles. The van der Waals surface area contributed by atoms with Gasteiger partial charge in [0.15, 0.2) is 0 Å². The second-order valence-corrected chi connectivity index (χ2v) is 3.26. The standard InChI is InChI=1S/C10H17NO2/c1-8(7-12-3)11-9(2)10-5-4-6-13-10/h4-6,8-9,11H,7H2,1-3H3/t8-,9-/m1/s1. The highest BCUT2D eigenvalue weighted by atomic mass is 16.5. The van der Waals surface area contributed by atoms with Gasteiger partial charge in [-0.1, -0.05) is 0 Å². The fourth-order valence-corrected chi connectivity index (χ4v) is 1.34. The van der Waals surface area contributed by atoms with Gasteiger partial charge in [0.1, 0.15) is 5.76 Å². The number of hydrogen-bond acceptors (Lipinski definition) is 3.